The molecule has 1 N–H and O–H groups in total. The normalized spacial score (nSPS) is 15.5. The van der Waals surface area contributed by atoms with Gasteiger partial charge in [-0.2, -0.15) is 11.3 Å². The summed E-state index contributed by atoms with van der Waals surface area (Å²) in [5, 5.41) is 11.9. The molecule has 138 valence electrons. The lowest BCUT2D eigenvalue weighted by Crippen LogP contribution is -2.24. The number of halogens is 1. The summed E-state index contributed by atoms with van der Waals surface area (Å²) in [6, 6.07) is 7.19. The van der Waals surface area contributed by atoms with Crippen molar-refractivity contribution in [2.75, 3.05) is 6.54 Å². The molecule has 0 bridgehead atoms. The zero-order valence-corrected chi connectivity index (χ0v) is 16.5. The van der Waals surface area contributed by atoms with E-state index < -0.39 is 6.04 Å². The summed E-state index contributed by atoms with van der Waals surface area (Å²) in [6.07, 6.45) is 0.220. The lowest BCUT2D eigenvalue weighted by molar-refractivity contribution is -0.121. The number of fused-ring (bicyclic) bond motifs is 3. The third-order valence-corrected chi connectivity index (χ3v) is 5.54. The maximum absolute atomic E-state index is 12.3. The maximum Gasteiger partial charge on any atom is 0.222 e. The zero-order valence-electron chi connectivity index (χ0n) is 15.0. The fourth-order valence-electron chi connectivity index (χ4n) is 3.33. The highest BCUT2D eigenvalue weighted by molar-refractivity contribution is 7.08. The van der Waals surface area contributed by atoms with E-state index in [0.29, 0.717) is 17.3 Å². The van der Waals surface area contributed by atoms with Gasteiger partial charge in [-0.15, -0.1) is 0 Å². The van der Waals surface area contributed by atoms with Crippen molar-refractivity contribution < 1.29 is 9.32 Å². The van der Waals surface area contributed by atoms with Gasteiger partial charge in [-0.3, -0.25) is 9.79 Å². The predicted molar refractivity (Wildman–Crippen MR) is 108 cm³/mol. The molecule has 0 aliphatic carbocycles. The van der Waals surface area contributed by atoms with Crippen molar-refractivity contribution >= 4 is 34.6 Å². The first-order valence-electron chi connectivity index (χ1n) is 8.72. The van der Waals surface area contributed by atoms with Crippen molar-refractivity contribution in [2.24, 2.45) is 4.99 Å². The van der Waals surface area contributed by atoms with Crippen LogP contribution >= 0.6 is 22.9 Å². The predicted octanol–water partition coefficient (Wildman–Crippen LogP) is 4.78. The van der Waals surface area contributed by atoms with Crippen LogP contribution in [0.25, 0.3) is 11.1 Å². The van der Waals surface area contributed by atoms with Crippen LogP contribution in [0, 0.1) is 6.92 Å². The van der Waals surface area contributed by atoms with Gasteiger partial charge in [0.15, 0.2) is 0 Å². The standard InChI is InChI=1S/C20H18ClN3O2S/c1-3-22-17(25)8-16-20-18(11(2)26-24-20)14-9-27-10-15(14)19(23-16)12-4-6-13(21)7-5-12/h4-7,9-10,16H,3,8H2,1-2H3,(H,22,25). The van der Waals surface area contributed by atoms with Crippen molar-refractivity contribution in [1.29, 1.82) is 0 Å². The molecule has 1 aromatic carbocycles. The molecule has 0 saturated heterocycles. The minimum Gasteiger partial charge on any atom is -0.361 e. The first-order chi connectivity index (χ1) is 13.1. The number of aromatic nitrogens is 1. The largest absolute Gasteiger partial charge is 0.361 e. The van der Waals surface area contributed by atoms with Crippen LogP contribution < -0.4 is 5.32 Å². The molecule has 1 aliphatic rings. The van der Waals surface area contributed by atoms with Crippen LogP contribution in [0.5, 0.6) is 0 Å². The molecule has 3 aromatic rings. The molecule has 7 heteroatoms. The zero-order chi connectivity index (χ0) is 19.0. The van der Waals surface area contributed by atoms with Gasteiger partial charge in [0.05, 0.1) is 17.7 Å². The van der Waals surface area contributed by atoms with Crippen molar-refractivity contribution in [1.82, 2.24) is 10.5 Å². The Bertz CT molecular complexity index is 1020. The Morgan fingerprint density at radius 1 is 1.26 bits per heavy atom. The third kappa shape index (κ3) is 3.31. The Hall–Kier alpha value is -2.44. The summed E-state index contributed by atoms with van der Waals surface area (Å²) in [6.45, 7) is 4.37. The molecule has 1 unspecified atom stereocenters. The number of carbonyl (C=O) groups is 1. The first kappa shape index (κ1) is 17.9. The fraction of sp³-hybridized carbons (Fsp3) is 0.250. The average molecular weight is 400 g/mol. The van der Waals surface area contributed by atoms with E-state index in [4.69, 9.17) is 21.1 Å². The molecular weight excluding hydrogens is 382 g/mol. The molecule has 5 nitrogen and oxygen atoms in total. The van der Waals surface area contributed by atoms with E-state index in [1.54, 1.807) is 11.3 Å². The molecule has 0 spiro atoms. The SMILES string of the molecule is CCNC(=O)CC1N=C(c2ccc(Cl)cc2)c2cscc2-c2c1noc2C. The van der Waals surface area contributed by atoms with Gasteiger partial charge >= 0.3 is 0 Å². The lowest BCUT2D eigenvalue weighted by atomic mass is 9.96. The number of nitrogens with zero attached hydrogens (tertiary/aromatic N) is 2. The Balaban J connectivity index is 1.88. The van der Waals surface area contributed by atoms with Gasteiger partial charge in [0.25, 0.3) is 0 Å². The topological polar surface area (TPSA) is 67.5 Å². The van der Waals surface area contributed by atoms with E-state index in [2.05, 4.69) is 21.2 Å². The number of hydrogen-bond acceptors (Lipinski definition) is 5. The van der Waals surface area contributed by atoms with Gasteiger partial charge in [0.1, 0.15) is 17.5 Å². The molecule has 1 aliphatic heterocycles. The quantitative estimate of drug-likeness (QED) is 0.686. The van der Waals surface area contributed by atoms with Crippen LogP contribution in [-0.4, -0.2) is 23.3 Å². The van der Waals surface area contributed by atoms with Gasteiger partial charge in [0, 0.05) is 33.6 Å². The van der Waals surface area contributed by atoms with E-state index in [9.17, 15) is 4.79 Å². The van der Waals surface area contributed by atoms with E-state index in [0.717, 1.165) is 33.7 Å². The van der Waals surface area contributed by atoms with Crippen LogP contribution in [0.4, 0.5) is 0 Å². The molecule has 0 saturated carbocycles. The molecule has 2 aromatic heterocycles. The summed E-state index contributed by atoms with van der Waals surface area (Å²) < 4.78 is 5.46. The van der Waals surface area contributed by atoms with Gasteiger partial charge in [0.2, 0.25) is 5.91 Å². The number of amides is 1. The summed E-state index contributed by atoms with van der Waals surface area (Å²) in [4.78, 5) is 17.2. The number of thiophene rings is 1. The highest BCUT2D eigenvalue weighted by atomic mass is 35.5. The van der Waals surface area contributed by atoms with Crippen molar-refractivity contribution in [3.8, 4) is 11.1 Å². The number of benzene rings is 1. The van der Waals surface area contributed by atoms with Gasteiger partial charge in [-0.25, -0.2) is 0 Å². The van der Waals surface area contributed by atoms with Gasteiger partial charge in [-0.1, -0.05) is 28.9 Å². The monoisotopic (exact) mass is 399 g/mol. The van der Waals surface area contributed by atoms with E-state index in [1.807, 2.05) is 38.1 Å². The molecular formula is C20H18ClN3O2S. The van der Waals surface area contributed by atoms with Crippen LogP contribution in [0.1, 0.15) is 42.0 Å². The summed E-state index contributed by atoms with van der Waals surface area (Å²) in [7, 11) is 0. The maximum atomic E-state index is 12.3. The fourth-order valence-corrected chi connectivity index (χ4v) is 4.28. The molecule has 1 amide bonds. The number of nitrogens with one attached hydrogen (secondary N) is 1. The highest BCUT2D eigenvalue weighted by Gasteiger charge is 2.31. The Labute approximate surface area is 166 Å². The summed E-state index contributed by atoms with van der Waals surface area (Å²) in [5.41, 5.74) is 5.51. The van der Waals surface area contributed by atoms with Gasteiger partial charge < -0.3 is 9.84 Å². The molecule has 3 heterocycles. The second-order valence-corrected chi connectivity index (χ2v) is 7.54. The van der Waals surface area contributed by atoms with Crippen molar-refractivity contribution in [3.05, 3.63) is 62.6 Å². The molecule has 4 rings (SSSR count). The number of aryl methyl sites for hydroxylation is 1. The van der Waals surface area contributed by atoms with Crippen LogP contribution in [0.2, 0.25) is 5.02 Å². The number of carbonyl (C=O) groups excluding carboxylic acids is 1. The third-order valence-electron chi connectivity index (χ3n) is 4.55. The molecule has 0 radical (unpaired) electrons. The summed E-state index contributed by atoms with van der Waals surface area (Å²) in [5.74, 6) is 0.677. The van der Waals surface area contributed by atoms with Crippen LogP contribution in [-0.2, 0) is 4.79 Å². The molecule has 0 fully saturated rings. The number of aliphatic imine (C=N–C) groups is 1. The number of hydrogen-bond donors (Lipinski definition) is 1. The second-order valence-electron chi connectivity index (χ2n) is 6.36. The summed E-state index contributed by atoms with van der Waals surface area (Å²) >= 11 is 7.67. The van der Waals surface area contributed by atoms with E-state index in [-0.39, 0.29) is 12.3 Å². The van der Waals surface area contributed by atoms with Crippen molar-refractivity contribution in [3.63, 3.8) is 0 Å². The van der Waals surface area contributed by atoms with Crippen molar-refractivity contribution in [2.45, 2.75) is 26.3 Å². The van der Waals surface area contributed by atoms with E-state index in [1.165, 1.54) is 0 Å². The number of rotatable bonds is 4. The van der Waals surface area contributed by atoms with Gasteiger partial charge in [-0.05, 0) is 31.4 Å². The lowest BCUT2D eigenvalue weighted by Gasteiger charge is -2.12. The second kappa shape index (κ2) is 7.29. The first-order valence-corrected chi connectivity index (χ1v) is 10.0. The Morgan fingerprint density at radius 2 is 2.00 bits per heavy atom. The van der Waals surface area contributed by atoms with E-state index >= 15 is 0 Å². The smallest absolute Gasteiger partial charge is 0.222 e. The highest BCUT2D eigenvalue weighted by Crippen LogP contribution is 2.41. The minimum absolute atomic E-state index is 0.0577. The Kier molecular flexibility index (Phi) is 4.85. The minimum atomic E-state index is -0.410. The average Bonchev–Trinajstić information content (AvgIpc) is 3.23. The Morgan fingerprint density at radius 3 is 2.74 bits per heavy atom. The molecule has 1 atom stereocenters. The molecule has 27 heavy (non-hydrogen) atoms. The van der Waals surface area contributed by atoms with Crippen LogP contribution in [0.15, 0.2) is 44.5 Å². The van der Waals surface area contributed by atoms with Crippen LogP contribution in [0.3, 0.4) is 0 Å².